The number of carbonyl (C=O) groups excluding carboxylic acids is 2. The maximum Gasteiger partial charge on any atom is 0.344 e. The highest BCUT2D eigenvalue weighted by Gasteiger charge is 2.33. The molecule has 132 valence electrons. The number of ether oxygens (including phenoxy) is 2. The second kappa shape index (κ2) is 8.70. The lowest BCUT2D eigenvalue weighted by Crippen LogP contribution is -2.37. The molecule has 0 amide bonds. The number of hydrogen-bond donors (Lipinski definition) is 0. The first-order valence-electron chi connectivity index (χ1n) is 9.33. The van der Waals surface area contributed by atoms with Gasteiger partial charge < -0.3 is 9.47 Å². The zero-order chi connectivity index (χ0) is 16.8. The summed E-state index contributed by atoms with van der Waals surface area (Å²) in [6.45, 7) is 6.35. The van der Waals surface area contributed by atoms with E-state index < -0.39 is 0 Å². The Bertz CT molecular complexity index is 398. The summed E-state index contributed by atoms with van der Waals surface area (Å²) >= 11 is 0. The molecule has 3 atom stereocenters. The van der Waals surface area contributed by atoms with Crippen molar-refractivity contribution in [3.8, 4) is 0 Å². The van der Waals surface area contributed by atoms with E-state index in [-0.39, 0.29) is 30.6 Å². The van der Waals surface area contributed by atoms with Crippen LogP contribution in [0.25, 0.3) is 0 Å². The van der Waals surface area contributed by atoms with E-state index in [1.54, 1.807) is 0 Å². The molecule has 23 heavy (non-hydrogen) atoms. The van der Waals surface area contributed by atoms with Crippen molar-refractivity contribution in [1.82, 2.24) is 0 Å². The highest BCUT2D eigenvalue weighted by molar-refractivity contribution is 5.77. The molecule has 0 bridgehead atoms. The first kappa shape index (κ1) is 18.3. The lowest BCUT2D eigenvalue weighted by molar-refractivity contribution is -0.169. The standard InChI is InChI=1S/C19H32O4/c1-13(2)16-10-9-14(3)11-17(16)23-18(20)12-22-19(21)15-7-5-4-6-8-15/h13-17H,4-12H2,1-3H3/t14-,16-,17-/m1/s1. The molecule has 0 N–H and O–H groups in total. The molecule has 0 aromatic carbocycles. The van der Waals surface area contributed by atoms with Gasteiger partial charge in [0.1, 0.15) is 6.10 Å². The van der Waals surface area contributed by atoms with Crippen molar-refractivity contribution < 1.29 is 19.1 Å². The molecule has 0 aromatic heterocycles. The Hall–Kier alpha value is -1.06. The average Bonchev–Trinajstić information content (AvgIpc) is 2.53. The van der Waals surface area contributed by atoms with Crippen molar-refractivity contribution in [3.63, 3.8) is 0 Å². The van der Waals surface area contributed by atoms with Gasteiger partial charge in [-0.05, 0) is 43.4 Å². The molecule has 0 aromatic rings. The van der Waals surface area contributed by atoms with Gasteiger partial charge in [0.25, 0.3) is 0 Å². The van der Waals surface area contributed by atoms with Gasteiger partial charge in [-0.25, -0.2) is 4.79 Å². The Labute approximate surface area is 140 Å². The normalized spacial score (nSPS) is 29.3. The van der Waals surface area contributed by atoms with Crippen LogP contribution < -0.4 is 0 Å². The van der Waals surface area contributed by atoms with Crippen LogP contribution in [0.4, 0.5) is 0 Å². The predicted octanol–water partition coefficient (Wildman–Crippen LogP) is 4.11. The quantitative estimate of drug-likeness (QED) is 0.714. The summed E-state index contributed by atoms with van der Waals surface area (Å²) in [6.07, 6.45) is 8.35. The van der Waals surface area contributed by atoms with Crippen molar-refractivity contribution in [2.75, 3.05) is 6.61 Å². The van der Waals surface area contributed by atoms with Gasteiger partial charge in [-0.3, -0.25) is 4.79 Å². The fourth-order valence-corrected chi connectivity index (χ4v) is 4.04. The summed E-state index contributed by atoms with van der Waals surface area (Å²) in [7, 11) is 0. The molecule has 2 rings (SSSR count). The zero-order valence-electron chi connectivity index (χ0n) is 14.9. The van der Waals surface area contributed by atoms with Crippen molar-refractivity contribution in [2.24, 2.45) is 23.7 Å². The number of hydrogen-bond acceptors (Lipinski definition) is 4. The van der Waals surface area contributed by atoms with Crippen LogP contribution in [0.2, 0.25) is 0 Å². The summed E-state index contributed by atoms with van der Waals surface area (Å²) in [6, 6.07) is 0. The topological polar surface area (TPSA) is 52.6 Å². The molecule has 0 aliphatic heterocycles. The van der Waals surface area contributed by atoms with E-state index in [9.17, 15) is 9.59 Å². The van der Waals surface area contributed by atoms with E-state index in [4.69, 9.17) is 9.47 Å². The van der Waals surface area contributed by atoms with E-state index in [0.717, 1.165) is 38.5 Å². The summed E-state index contributed by atoms with van der Waals surface area (Å²) < 4.78 is 10.9. The Morgan fingerprint density at radius 3 is 2.39 bits per heavy atom. The minimum Gasteiger partial charge on any atom is -0.460 e. The van der Waals surface area contributed by atoms with Crippen LogP contribution in [-0.2, 0) is 19.1 Å². The Kier molecular flexibility index (Phi) is 6.91. The average molecular weight is 324 g/mol. The van der Waals surface area contributed by atoms with Gasteiger partial charge in [-0.2, -0.15) is 0 Å². The van der Waals surface area contributed by atoms with Crippen LogP contribution in [-0.4, -0.2) is 24.6 Å². The van der Waals surface area contributed by atoms with E-state index >= 15 is 0 Å². The smallest absolute Gasteiger partial charge is 0.344 e. The van der Waals surface area contributed by atoms with Crippen LogP contribution in [0.15, 0.2) is 0 Å². The van der Waals surface area contributed by atoms with Gasteiger partial charge in [0.15, 0.2) is 6.61 Å². The molecule has 4 heteroatoms. The summed E-state index contributed by atoms with van der Waals surface area (Å²) in [4.78, 5) is 24.1. The van der Waals surface area contributed by atoms with Crippen molar-refractivity contribution in [1.29, 1.82) is 0 Å². The lowest BCUT2D eigenvalue weighted by Gasteiger charge is -2.36. The van der Waals surface area contributed by atoms with Crippen LogP contribution in [0.5, 0.6) is 0 Å². The zero-order valence-corrected chi connectivity index (χ0v) is 14.9. The summed E-state index contributed by atoms with van der Waals surface area (Å²) in [5.41, 5.74) is 0. The molecule has 2 aliphatic carbocycles. The fourth-order valence-electron chi connectivity index (χ4n) is 4.04. The van der Waals surface area contributed by atoms with Crippen LogP contribution >= 0.6 is 0 Å². The molecular formula is C19H32O4. The third-order valence-corrected chi connectivity index (χ3v) is 5.51. The first-order chi connectivity index (χ1) is 11.0. The van der Waals surface area contributed by atoms with E-state index in [2.05, 4.69) is 20.8 Å². The number of rotatable bonds is 5. The minimum atomic E-state index is -0.390. The summed E-state index contributed by atoms with van der Waals surface area (Å²) in [5, 5.41) is 0. The predicted molar refractivity (Wildman–Crippen MR) is 88.8 cm³/mol. The van der Waals surface area contributed by atoms with Crippen molar-refractivity contribution >= 4 is 11.9 Å². The van der Waals surface area contributed by atoms with Gasteiger partial charge in [0.2, 0.25) is 0 Å². The second-order valence-electron chi connectivity index (χ2n) is 7.80. The maximum absolute atomic E-state index is 12.1. The highest BCUT2D eigenvalue weighted by Crippen LogP contribution is 2.35. The molecule has 2 aliphatic rings. The van der Waals surface area contributed by atoms with Gasteiger partial charge >= 0.3 is 11.9 Å². The highest BCUT2D eigenvalue weighted by atomic mass is 16.6. The molecule has 4 nitrogen and oxygen atoms in total. The minimum absolute atomic E-state index is 0.0188. The SMILES string of the molecule is CC(C)[C@H]1CC[C@@H](C)C[C@H]1OC(=O)COC(=O)C1CCCCC1. The van der Waals surface area contributed by atoms with Gasteiger partial charge in [0.05, 0.1) is 5.92 Å². The molecule has 0 spiro atoms. The molecule has 0 unspecified atom stereocenters. The Morgan fingerprint density at radius 1 is 1.04 bits per heavy atom. The second-order valence-corrected chi connectivity index (χ2v) is 7.80. The number of carbonyl (C=O) groups is 2. The van der Waals surface area contributed by atoms with E-state index in [0.29, 0.717) is 17.8 Å². The molecule has 2 fully saturated rings. The van der Waals surface area contributed by atoms with Gasteiger partial charge in [-0.1, -0.05) is 46.5 Å². The van der Waals surface area contributed by atoms with Crippen molar-refractivity contribution in [2.45, 2.75) is 78.2 Å². The Morgan fingerprint density at radius 2 is 1.74 bits per heavy atom. The molecular weight excluding hydrogens is 292 g/mol. The Balaban J connectivity index is 1.77. The van der Waals surface area contributed by atoms with Gasteiger partial charge in [0, 0.05) is 0 Å². The van der Waals surface area contributed by atoms with E-state index in [1.807, 2.05) is 0 Å². The lowest BCUT2D eigenvalue weighted by atomic mass is 9.75. The third-order valence-electron chi connectivity index (χ3n) is 5.51. The largest absolute Gasteiger partial charge is 0.460 e. The van der Waals surface area contributed by atoms with Crippen LogP contribution in [0, 0.1) is 23.7 Å². The fraction of sp³-hybridized carbons (Fsp3) is 0.895. The first-order valence-corrected chi connectivity index (χ1v) is 9.33. The summed E-state index contributed by atoms with van der Waals surface area (Å²) in [5.74, 6) is 0.884. The molecule has 0 radical (unpaired) electrons. The van der Waals surface area contributed by atoms with Crippen LogP contribution in [0.1, 0.15) is 72.1 Å². The van der Waals surface area contributed by atoms with Crippen molar-refractivity contribution in [3.05, 3.63) is 0 Å². The third kappa shape index (κ3) is 5.50. The maximum atomic E-state index is 12.1. The molecule has 0 heterocycles. The molecule has 2 saturated carbocycles. The van der Waals surface area contributed by atoms with E-state index in [1.165, 1.54) is 12.8 Å². The van der Waals surface area contributed by atoms with Crippen LogP contribution in [0.3, 0.4) is 0 Å². The monoisotopic (exact) mass is 324 g/mol. The number of esters is 2. The molecule has 0 saturated heterocycles. The van der Waals surface area contributed by atoms with Gasteiger partial charge in [-0.15, -0.1) is 0 Å².